The van der Waals surface area contributed by atoms with Crippen molar-refractivity contribution in [2.45, 2.75) is 6.92 Å². The SMILES string of the molecule is C/C=N/Oc1nc2ccccc2s1. The smallest absolute Gasteiger partial charge is 0.306 e. The van der Waals surface area contributed by atoms with E-state index in [1.54, 1.807) is 13.1 Å². The number of rotatable bonds is 2. The van der Waals surface area contributed by atoms with Gasteiger partial charge in [-0.1, -0.05) is 28.6 Å². The molecule has 0 radical (unpaired) electrons. The molecular formula is C9H8N2OS. The molecule has 0 N–H and O–H groups in total. The van der Waals surface area contributed by atoms with Gasteiger partial charge in [0.15, 0.2) is 0 Å². The highest BCUT2D eigenvalue weighted by atomic mass is 32.1. The molecule has 1 aromatic carbocycles. The summed E-state index contributed by atoms with van der Waals surface area (Å²) >= 11 is 1.49. The summed E-state index contributed by atoms with van der Waals surface area (Å²) in [7, 11) is 0. The average Bonchev–Trinajstić information content (AvgIpc) is 2.57. The molecule has 0 saturated heterocycles. The van der Waals surface area contributed by atoms with Gasteiger partial charge >= 0.3 is 5.19 Å². The van der Waals surface area contributed by atoms with Crippen LogP contribution in [0.3, 0.4) is 0 Å². The van der Waals surface area contributed by atoms with Crippen molar-refractivity contribution in [1.29, 1.82) is 0 Å². The maximum atomic E-state index is 5.02. The van der Waals surface area contributed by atoms with Crippen LogP contribution in [0.4, 0.5) is 0 Å². The molecule has 0 spiro atoms. The molecule has 0 aliphatic carbocycles. The van der Waals surface area contributed by atoms with Crippen molar-refractivity contribution in [3.8, 4) is 5.19 Å². The van der Waals surface area contributed by atoms with E-state index >= 15 is 0 Å². The minimum atomic E-state index is 0.583. The molecular weight excluding hydrogens is 184 g/mol. The molecule has 1 heterocycles. The Bertz CT molecular complexity index is 403. The number of aromatic nitrogens is 1. The third-order valence-electron chi connectivity index (χ3n) is 1.51. The molecule has 66 valence electrons. The number of hydrogen-bond acceptors (Lipinski definition) is 4. The topological polar surface area (TPSA) is 34.5 Å². The number of nitrogens with zero attached hydrogens (tertiary/aromatic N) is 2. The standard InChI is InChI=1S/C9H8N2OS/c1-2-10-12-9-11-7-5-3-4-6-8(7)13-9/h2-6H,1H3/b10-2+. The first-order chi connectivity index (χ1) is 6.40. The van der Waals surface area contributed by atoms with Gasteiger partial charge in [-0.25, -0.2) is 4.98 Å². The van der Waals surface area contributed by atoms with E-state index in [0.29, 0.717) is 5.19 Å². The van der Waals surface area contributed by atoms with Gasteiger partial charge in [0.1, 0.15) is 0 Å². The quantitative estimate of drug-likeness (QED) is 0.541. The van der Waals surface area contributed by atoms with Gasteiger partial charge in [-0.05, 0) is 19.1 Å². The van der Waals surface area contributed by atoms with Gasteiger partial charge in [0, 0.05) is 6.21 Å². The van der Waals surface area contributed by atoms with Gasteiger partial charge in [0.05, 0.1) is 10.2 Å². The maximum Gasteiger partial charge on any atom is 0.306 e. The lowest BCUT2D eigenvalue weighted by Gasteiger charge is -1.86. The van der Waals surface area contributed by atoms with Gasteiger partial charge in [-0.2, -0.15) is 0 Å². The van der Waals surface area contributed by atoms with E-state index in [-0.39, 0.29) is 0 Å². The first-order valence-corrected chi connectivity index (χ1v) is 4.72. The summed E-state index contributed by atoms with van der Waals surface area (Å²) in [5.74, 6) is 0. The average molecular weight is 192 g/mol. The Morgan fingerprint density at radius 3 is 3.08 bits per heavy atom. The predicted octanol–water partition coefficient (Wildman–Crippen LogP) is 2.68. The first kappa shape index (κ1) is 8.19. The highest BCUT2D eigenvalue weighted by Crippen LogP contribution is 2.27. The molecule has 2 rings (SSSR count). The van der Waals surface area contributed by atoms with Crippen LogP contribution in [-0.4, -0.2) is 11.2 Å². The Kier molecular flexibility index (Phi) is 2.23. The van der Waals surface area contributed by atoms with Crippen LogP contribution in [-0.2, 0) is 0 Å². The Hall–Kier alpha value is -1.42. The minimum absolute atomic E-state index is 0.583. The second-order valence-electron chi connectivity index (χ2n) is 2.40. The van der Waals surface area contributed by atoms with Crippen molar-refractivity contribution in [1.82, 2.24) is 4.98 Å². The van der Waals surface area contributed by atoms with Crippen LogP contribution in [0.1, 0.15) is 6.92 Å². The highest BCUT2D eigenvalue weighted by molar-refractivity contribution is 7.20. The highest BCUT2D eigenvalue weighted by Gasteiger charge is 2.02. The molecule has 0 aliphatic rings. The van der Waals surface area contributed by atoms with Gasteiger partial charge in [0.25, 0.3) is 0 Å². The zero-order chi connectivity index (χ0) is 9.10. The van der Waals surface area contributed by atoms with E-state index in [1.165, 1.54) is 11.3 Å². The zero-order valence-corrected chi connectivity index (χ0v) is 7.91. The fourth-order valence-electron chi connectivity index (χ4n) is 0.988. The van der Waals surface area contributed by atoms with Crippen LogP contribution in [0.15, 0.2) is 29.4 Å². The normalized spacial score (nSPS) is 11.2. The van der Waals surface area contributed by atoms with Crippen molar-refractivity contribution in [3.05, 3.63) is 24.3 Å². The Balaban J connectivity index is 2.38. The Labute approximate surface area is 79.7 Å². The van der Waals surface area contributed by atoms with E-state index < -0.39 is 0 Å². The van der Waals surface area contributed by atoms with Crippen molar-refractivity contribution >= 4 is 27.8 Å². The molecule has 1 aromatic heterocycles. The molecule has 0 fully saturated rings. The van der Waals surface area contributed by atoms with Crippen LogP contribution >= 0.6 is 11.3 Å². The summed E-state index contributed by atoms with van der Waals surface area (Å²) in [4.78, 5) is 9.25. The van der Waals surface area contributed by atoms with Crippen molar-refractivity contribution < 1.29 is 4.84 Å². The van der Waals surface area contributed by atoms with E-state index in [0.717, 1.165) is 10.2 Å². The number of para-hydroxylation sites is 1. The molecule has 0 saturated carbocycles. The summed E-state index contributed by atoms with van der Waals surface area (Å²) in [6.07, 6.45) is 1.59. The monoisotopic (exact) mass is 192 g/mol. The Morgan fingerprint density at radius 2 is 2.31 bits per heavy atom. The minimum Gasteiger partial charge on any atom is -0.325 e. The summed E-state index contributed by atoms with van der Waals surface area (Å²) in [6, 6.07) is 7.90. The fraction of sp³-hybridized carbons (Fsp3) is 0.111. The predicted molar refractivity (Wildman–Crippen MR) is 54.4 cm³/mol. The number of oxime groups is 1. The number of hydrogen-bond donors (Lipinski definition) is 0. The molecule has 3 nitrogen and oxygen atoms in total. The second-order valence-corrected chi connectivity index (χ2v) is 3.40. The first-order valence-electron chi connectivity index (χ1n) is 3.91. The summed E-state index contributed by atoms with van der Waals surface area (Å²) in [5, 5.41) is 4.24. The lowest BCUT2D eigenvalue weighted by atomic mass is 10.3. The van der Waals surface area contributed by atoms with Gasteiger partial charge in [-0.3, -0.25) is 0 Å². The lowest BCUT2D eigenvalue weighted by molar-refractivity contribution is 0.342. The molecule has 2 aromatic rings. The number of fused-ring (bicyclic) bond motifs is 1. The zero-order valence-electron chi connectivity index (χ0n) is 7.10. The number of thiazole rings is 1. The van der Waals surface area contributed by atoms with Gasteiger partial charge in [-0.15, -0.1) is 0 Å². The molecule has 0 bridgehead atoms. The second kappa shape index (κ2) is 3.53. The molecule has 0 aliphatic heterocycles. The van der Waals surface area contributed by atoms with Crippen LogP contribution < -0.4 is 4.84 Å². The van der Waals surface area contributed by atoms with E-state index in [2.05, 4.69) is 10.1 Å². The molecule has 0 unspecified atom stereocenters. The summed E-state index contributed by atoms with van der Waals surface area (Å²) < 4.78 is 1.11. The largest absolute Gasteiger partial charge is 0.325 e. The van der Waals surface area contributed by atoms with Crippen LogP contribution in [0.25, 0.3) is 10.2 Å². The van der Waals surface area contributed by atoms with Crippen LogP contribution in [0.2, 0.25) is 0 Å². The van der Waals surface area contributed by atoms with Crippen molar-refractivity contribution in [3.63, 3.8) is 0 Å². The van der Waals surface area contributed by atoms with E-state index in [9.17, 15) is 0 Å². The third-order valence-corrected chi connectivity index (χ3v) is 2.42. The van der Waals surface area contributed by atoms with Gasteiger partial charge < -0.3 is 4.84 Å². The van der Waals surface area contributed by atoms with Crippen LogP contribution in [0, 0.1) is 0 Å². The fourth-order valence-corrected chi connectivity index (χ4v) is 1.77. The number of benzene rings is 1. The Morgan fingerprint density at radius 1 is 1.46 bits per heavy atom. The summed E-state index contributed by atoms with van der Waals surface area (Å²) in [5.41, 5.74) is 0.953. The van der Waals surface area contributed by atoms with Gasteiger partial charge in [0.2, 0.25) is 0 Å². The molecule has 4 heteroatoms. The lowest BCUT2D eigenvalue weighted by Crippen LogP contribution is -1.79. The maximum absolute atomic E-state index is 5.02. The third kappa shape index (κ3) is 1.67. The van der Waals surface area contributed by atoms with Crippen molar-refractivity contribution in [2.75, 3.05) is 0 Å². The van der Waals surface area contributed by atoms with E-state index in [4.69, 9.17) is 4.84 Å². The molecule has 0 atom stereocenters. The van der Waals surface area contributed by atoms with E-state index in [1.807, 2.05) is 24.3 Å². The summed E-state index contributed by atoms with van der Waals surface area (Å²) in [6.45, 7) is 1.80. The van der Waals surface area contributed by atoms with Crippen molar-refractivity contribution in [2.24, 2.45) is 5.16 Å². The molecule has 0 amide bonds. The van der Waals surface area contributed by atoms with Crippen LogP contribution in [0.5, 0.6) is 5.19 Å². The molecule has 13 heavy (non-hydrogen) atoms.